The lowest BCUT2D eigenvalue weighted by Gasteiger charge is -2.32. The summed E-state index contributed by atoms with van der Waals surface area (Å²) in [5.41, 5.74) is 0.972. The van der Waals surface area contributed by atoms with Crippen LogP contribution < -0.4 is 5.32 Å². The zero-order valence-electron chi connectivity index (χ0n) is 10.2. The van der Waals surface area contributed by atoms with Gasteiger partial charge in [0.1, 0.15) is 0 Å². The quantitative estimate of drug-likeness (QED) is 0.881. The Labute approximate surface area is 110 Å². The normalized spacial score (nSPS) is 21.7. The first-order valence-electron chi connectivity index (χ1n) is 6.24. The van der Waals surface area contributed by atoms with E-state index in [0.29, 0.717) is 24.4 Å². The van der Waals surface area contributed by atoms with Crippen molar-refractivity contribution < 1.29 is 14.4 Å². The third-order valence-corrected chi connectivity index (χ3v) is 3.41. The highest BCUT2D eigenvalue weighted by Gasteiger charge is 2.34. The Kier molecular flexibility index (Phi) is 2.95. The van der Waals surface area contributed by atoms with Gasteiger partial charge in [0.15, 0.2) is 11.6 Å². The molecule has 98 valence electrons. The summed E-state index contributed by atoms with van der Waals surface area (Å²) in [4.78, 5) is 10.7. The van der Waals surface area contributed by atoms with Crippen molar-refractivity contribution in [1.82, 2.24) is 5.16 Å². The predicted octanol–water partition coefficient (Wildman–Crippen LogP) is 2.62. The Morgan fingerprint density at radius 2 is 2.05 bits per heavy atom. The third-order valence-electron chi connectivity index (χ3n) is 3.41. The van der Waals surface area contributed by atoms with Gasteiger partial charge in [-0.25, -0.2) is 0 Å². The topological polar surface area (TPSA) is 75.4 Å². The molecule has 0 aliphatic heterocycles. The van der Waals surface area contributed by atoms with E-state index in [4.69, 9.17) is 9.63 Å². The van der Waals surface area contributed by atoms with Gasteiger partial charge < -0.3 is 14.9 Å². The van der Waals surface area contributed by atoms with Crippen LogP contribution in [-0.4, -0.2) is 22.3 Å². The van der Waals surface area contributed by atoms with Gasteiger partial charge in [0.25, 0.3) is 0 Å². The molecule has 0 spiro atoms. The second-order valence-corrected chi connectivity index (χ2v) is 4.79. The summed E-state index contributed by atoms with van der Waals surface area (Å²) in [7, 11) is 0. The second kappa shape index (κ2) is 4.76. The molecule has 2 N–H and O–H groups in total. The molecule has 1 heterocycles. The number of carbonyl (C=O) groups is 1. The van der Waals surface area contributed by atoms with E-state index >= 15 is 0 Å². The monoisotopic (exact) mass is 258 g/mol. The summed E-state index contributed by atoms with van der Waals surface area (Å²) in [5.74, 6) is 0.422. The van der Waals surface area contributed by atoms with Crippen LogP contribution in [0.5, 0.6) is 0 Å². The average molecular weight is 258 g/mol. The summed E-state index contributed by atoms with van der Waals surface area (Å²) < 4.78 is 5.27. The van der Waals surface area contributed by atoms with Crippen molar-refractivity contribution >= 4 is 11.8 Å². The fourth-order valence-corrected chi connectivity index (χ4v) is 2.23. The van der Waals surface area contributed by atoms with Crippen LogP contribution in [0, 0.1) is 5.92 Å². The van der Waals surface area contributed by atoms with E-state index in [1.807, 2.05) is 36.4 Å². The molecule has 5 heteroatoms. The number of aliphatic carboxylic acids is 1. The van der Waals surface area contributed by atoms with Crippen LogP contribution >= 0.6 is 0 Å². The van der Waals surface area contributed by atoms with Gasteiger partial charge in [-0.1, -0.05) is 35.5 Å². The molecule has 1 aromatic heterocycles. The van der Waals surface area contributed by atoms with Gasteiger partial charge in [-0.05, 0) is 12.8 Å². The van der Waals surface area contributed by atoms with E-state index in [1.165, 1.54) is 0 Å². The number of hydrogen-bond donors (Lipinski definition) is 2. The number of nitrogens with zero attached hydrogens (tertiary/aromatic N) is 1. The number of benzene rings is 1. The van der Waals surface area contributed by atoms with E-state index in [0.717, 1.165) is 5.56 Å². The maximum atomic E-state index is 10.7. The number of aromatic nitrogens is 1. The number of carboxylic acids is 1. The summed E-state index contributed by atoms with van der Waals surface area (Å²) in [5, 5.41) is 15.9. The van der Waals surface area contributed by atoms with Crippen molar-refractivity contribution in [3.8, 4) is 11.3 Å². The Morgan fingerprint density at radius 3 is 2.74 bits per heavy atom. The highest BCUT2D eigenvalue weighted by Crippen LogP contribution is 2.31. The fraction of sp³-hybridized carbons (Fsp3) is 0.286. The molecule has 0 atom stereocenters. The summed E-state index contributed by atoms with van der Waals surface area (Å²) in [6, 6.07) is 11.7. The van der Waals surface area contributed by atoms with Crippen molar-refractivity contribution in [2.24, 2.45) is 5.92 Å². The number of anilines is 1. The summed E-state index contributed by atoms with van der Waals surface area (Å²) in [6.07, 6.45) is 1.28. The smallest absolute Gasteiger partial charge is 0.306 e. The minimum Gasteiger partial charge on any atom is -0.481 e. The van der Waals surface area contributed by atoms with Gasteiger partial charge in [-0.2, -0.15) is 0 Å². The maximum Gasteiger partial charge on any atom is 0.306 e. The van der Waals surface area contributed by atoms with Crippen molar-refractivity contribution in [2.75, 3.05) is 5.32 Å². The first kappa shape index (κ1) is 11.8. The van der Waals surface area contributed by atoms with E-state index in [-0.39, 0.29) is 12.0 Å². The first-order valence-corrected chi connectivity index (χ1v) is 6.24. The number of rotatable bonds is 4. The van der Waals surface area contributed by atoms with Crippen LogP contribution in [0.2, 0.25) is 0 Å². The van der Waals surface area contributed by atoms with Crippen molar-refractivity contribution in [3.05, 3.63) is 36.4 Å². The molecule has 0 radical (unpaired) electrons. The number of nitrogens with one attached hydrogen (secondary N) is 1. The van der Waals surface area contributed by atoms with Crippen LogP contribution in [-0.2, 0) is 4.79 Å². The molecule has 0 bridgehead atoms. The SMILES string of the molecule is O=C(O)C1CC(Nc2cc(-c3ccccc3)on2)C1. The maximum absolute atomic E-state index is 10.7. The molecule has 19 heavy (non-hydrogen) atoms. The predicted molar refractivity (Wildman–Crippen MR) is 69.7 cm³/mol. The standard InChI is InChI=1S/C14H14N2O3/c17-14(18)10-6-11(7-10)15-13-8-12(19-16-13)9-4-2-1-3-5-9/h1-5,8,10-11H,6-7H2,(H,15,16)(H,17,18). The van der Waals surface area contributed by atoms with Crippen LogP contribution in [0.1, 0.15) is 12.8 Å². The highest BCUT2D eigenvalue weighted by atomic mass is 16.5. The average Bonchev–Trinajstić information content (AvgIpc) is 2.82. The lowest BCUT2D eigenvalue weighted by Crippen LogP contribution is -2.39. The van der Waals surface area contributed by atoms with Gasteiger partial charge in [-0.15, -0.1) is 0 Å². The molecule has 1 aromatic carbocycles. The lowest BCUT2D eigenvalue weighted by molar-refractivity contribution is -0.144. The van der Waals surface area contributed by atoms with E-state index < -0.39 is 5.97 Å². The molecule has 5 nitrogen and oxygen atoms in total. The largest absolute Gasteiger partial charge is 0.481 e. The highest BCUT2D eigenvalue weighted by molar-refractivity contribution is 5.71. The summed E-state index contributed by atoms with van der Waals surface area (Å²) >= 11 is 0. The van der Waals surface area contributed by atoms with Crippen LogP contribution in [0.4, 0.5) is 5.82 Å². The fourth-order valence-electron chi connectivity index (χ4n) is 2.23. The van der Waals surface area contributed by atoms with Crippen LogP contribution in [0.15, 0.2) is 40.9 Å². The van der Waals surface area contributed by atoms with E-state index in [1.54, 1.807) is 0 Å². The Balaban J connectivity index is 1.62. The summed E-state index contributed by atoms with van der Waals surface area (Å²) in [6.45, 7) is 0. The molecule has 3 rings (SSSR count). The van der Waals surface area contributed by atoms with Crippen molar-refractivity contribution in [2.45, 2.75) is 18.9 Å². The van der Waals surface area contributed by atoms with Crippen molar-refractivity contribution in [1.29, 1.82) is 0 Å². The molecule has 1 aliphatic carbocycles. The first-order chi connectivity index (χ1) is 9.22. The molecule has 1 saturated carbocycles. The minimum atomic E-state index is -0.719. The zero-order valence-corrected chi connectivity index (χ0v) is 10.2. The van der Waals surface area contributed by atoms with E-state index in [2.05, 4.69) is 10.5 Å². The Hall–Kier alpha value is -2.30. The number of carboxylic acid groups (broad SMARTS) is 1. The Morgan fingerprint density at radius 1 is 1.32 bits per heavy atom. The minimum absolute atomic E-state index is 0.176. The molecular formula is C14H14N2O3. The molecule has 1 aliphatic rings. The molecule has 0 saturated heterocycles. The van der Waals surface area contributed by atoms with Gasteiger partial charge in [0, 0.05) is 17.7 Å². The molecular weight excluding hydrogens is 244 g/mol. The van der Waals surface area contributed by atoms with Crippen LogP contribution in [0.25, 0.3) is 11.3 Å². The Bertz CT molecular complexity index is 573. The molecule has 2 aromatic rings. The zero-order chi connectivity index (χ0) is 13.2. The second-order valence-electron chi connectivity index (χ2n) is 4.79. The van der Waals surface area contributed by atoms with E-state index in [9.17, 15) is 4.79 Å². The van der Waals surface area contributed by atoms with Gasteiger partial charge in [0.2, 0.25) is 0 Å². The van der Waals surface area contributed by atoms with Gasteiger partial charge in [-0.3, -0.25) is 4.79 Å². The number of hydrogen-bond acceptors (Lipinski definition) is 4. The van der Waals surface area contributed by atoms with Gasteiger partial charge >= 0.3 is 5.97 Å². The lowest BCUT2D eigenvalue weighted by atomic mass is 9.80. The third kappa shape index (κ3) is 2.45. The molecule has 0 amide bonds. The molecule has 0 unspecified atom stereocenters. The van der Waals surface area contributed by atoms with Crippen molar-refractivity contribution in [3.63, 3.8) is 0 Å². The van der Waals surface area contributed by atoms with Crippen LogP contribution in [0.3, 0.4) is 0 Å². The molecule has 1 fully saturated rings. The van der Waals surface area contributed by atoms with Gasteiger partial charge in [0.05, 0.1) is 5.92 Å².